The summed E-state index contributed by atoms with van der Waals surface area (Å²) in [6.07, 6.45) is 2.75. The highest BCUT2D eigenvalue weighted by atomic mass is 79.9. The summed E-state index contributed by atoms with van der Waals surface area (Å²) < 4.78 is 0. The summed E-state index contributed by atoms with van der Waals surface area (Å²) in [6, 6.07) is 0.0547. The van der Waals surface area contributed by atoms with Crippen LogP contribution < -0.4 is 0 Å². The van der Waals surface area contributed by atoms with Crippen molar-refractivity contribution in [3.05, 3.63) is 0 Å². The van der Waals surface area contributed by atoms with Crippen molar-refractivity contribution in [2.75, 3.05) is 13.2 Å². The van der Waals surface area contributed by atoms with Gasteiger partial charge < -0.3 is 10.0 Å². The minimum atomic E-state index is -0.0837. The van der Waals surface area contributed by atoms with E-state index in [1.807, 2.05) is 6.92 Å². The van der Waals surface area contributed by atoms with E-state index in [0.29, 0.717) is 0 Å². The molecule has 1 fully saturated rings. The van der Waals surface area contributed by atoms with E-state index < -0.39 is 0 Å². The van der Waals surface area contributed by atoms with Crippen molar-refractivity contribution in [3.8, 4) is 0 Å². The Bertz CT molecular complexity index is 186. The summed E-state index contributed by atoms with van der Waals surface area (Å²) in [7, 11) is 0. The molecule has 4 heteroatoms. The molecule has 1 rings (SSSR count). The van der Waals surface area contributed by atoms with Crippen molar-refractivity contribution in [2.45, 2.75) is 37.1 Å². The molecule has 0 aromatic carbocycles. The second kappa shape index (κ2) is 4.96. The number of aliphatic hydroxyl groups is 1. The SMILES string of the molecule is CCC(Br)C(=O)N1CCC[C@H]1CO. The number of hydrogen-bond acceptors (Lipinski definition) is 2. The molecule has 13 heavy (non-hydrogen) atoms. The van der Waals surface area contributed by atoms with Crippen LogP contribution in [0.15, 0.2) is 0 Å². The Morgan fingerprint density at radius 2 is 2.46 bits per heavy atom. The first-order valence-corrected chi connectivity index (χ1v) is 5.67. The highest BCUT2D eigenvalue weighted by molar-refractivity contribution is 9.10. The molecule has 1 aliphatic rings. The van der Waals surface area contributed by atoms with Crippen molar-refractivity contribution < 1.29 is 9.90 Å². The second-order valence-electron chi connectivity index (χ2n) is 3.39. The van der Waals surface area contributed by atoms with Gasteiger partial charge >= 0.3 is 0 Å². The fraction of sp³-hybridized carbons (Fsp3) is 0.889. The molecule has 1 heterocycles. The summed E-state index contributed by atoms with van der Waals surface area (Å²) in [5.41, 5.74) is 0. The minimum absolute atomic E-state index is 0.0547. The van der Waals surface area contributed by atoms with E-state index in [-0.39, 0.29) is 23.4 Å². The van der Waals surface area contributed by atoms with Crippen LogP contribution in [-0.4, -0.2) is 39.9 Å². The van der Waals surface area contributed by atoms with Gasteiger partial charge in [0.05, 0.1) is 17.5 Å². The van der Waals surface area contributed by atoms with Gasteiger partial charge in [0.25, 0.3) is 0 Å². The maximum absolute atomic E-state index is 11.7. The molecule has 1 N–H and O–H groups in total. The average molecular weight is 250 g/mol. The summed E-state index contributed by atoms with van der Waals surface area (Å²) in [4.78, 5) is 13.4. The summed E-state index contributed by atoms with van der Waals surface area (Å²) in [5, 5.41) is 9.03. The Kier molecular flexibility index (Phi) is 4.19. The predicted octanol–water partition coefficient (Wildman–Crippen LogP) is 1.14. The largest absolute Gasteiger partial charge is 0.394 e. The van der Waals surface area contributed by atoms with E-state index in [9.17, 15) is 4.79 Å². The van der Waals surface area contributed by atoms with Crippen molar-refractivity contribution in [1.29, 1.82) is 0 Å². The van der Waals surface area contributed by atoms with Crippen LogP contribution in [0.3, 0.4) is 0 Å². The van der Waals surface area contributed by atoms with E-state index in [4.69, 9.17) is 5.11 Å². The Balaban J connectivity index is 2.54. The molecule has 1 saturated heterocycles. The highest BCUT2D eigenvalue weighted by Crippen LogP contribution is 2.20. The third-order valence-corrected chi connectivity index (χ3v) is 3.54. The van der Waals surface area contributed by atoms with Crippen LogP contribution in [0.25, 0.3) is 0 Å². The van der Waals surface area contributed by atoms with Crippen LogP contribution >= 0.6 is 15.9 Å². The number of carbonyl (C=O) groups is 1. The van der Waals surface area contributed by atoms with Gasteiger partial charge in [-0.1, -0.05) is 22.9 Å². The molecule has 0 bridgehead atoms. The molecule has 0 aromatic rings. The predicted molar refractivity (Wildman–Crippen MR) is 54.8 cm³/mol. The number of halogens is 1. The first kappa shape index (κ1) is 11.0. The third kappa shape index (κ3) is 2.44. The number of carbonyl (C=O) groups excluding carboxylic acids is 1. The average Bonchev–Trinajstić information content (AvgIpc) is 2.62. The van der Waals surface area contributed by atoms with Gasteiger partial charge in [-0.3, -0.25) is 4.79 Å². The molecular weight excluding hydrogens is 234 g/mol. The number of hydrogen-bond donors (Lipinski definition) is 1. The van der Waals surface area contributed by atoms with Crippen molar-refractivity contribution in [2.24, 2.45) is 0 Å². The zero-order valence-corrected chi connectivity index (χ0v) is 9.46. The Labute approximate surface area is 87.2 Å². The Morgan fingerprint density at radius 3 is 3.00 bits per heavy atom. The molecule has 1 aliphatic heterocycles. The molecule has 0 radical (unpaired) electrons. The van der Waals surface area contributed by atoms with Crippen LogP contribution in [0.4, 0.5) is 0 Å². The van der Waals surface area contributed by atoms with E-state index in [2.05, 4.69) is 15.9 Å². The van der Waals surface area contributed by atoms with Crippen LogP contribution in [0.5, 0.6) is 0 Å². The maximum atomic E-state index is 11.7. The zero-order valence-electron chi connectivity index (χ0n) is 7.87. The lowest BCUT2D eigenvalue weighted by Crippen LogP contribution is -2.41. The van der Waals surface area contributed by atoms with Crippen molar-refractivity contribution in [3.63, 3.8) is 0 Å². The number of aliphatic hydroxyl groups excluding tert-OH is 1. The quantitative estimate of drug-likeness (QED) is 0.763. The molecule has 3 nitrogen and oxygen atoms in total. The fourth-order valence-corrected chi connectivity index (χ4v) is 1.93. The smallest absolute Gasteiger partial charge is 0.236 e. The third-order valence-electron chi connectivity index (χ3n) is 2.50. The molecule has 0 saturated carbocycles. The van der Waals surface area contributed by atoms with Gasteiger partial charge in [0, 0.05) is 6.54 Å². The highest BCUT2D eigenvalue weighted by Gasteiger charge is 2.30. The number of rotatable bonds is 3. The molecule has 1 unspecified atom stereocenters. The van der Waals surface area contributed by atoms with E-state index in [1.165, 1.54) is 0 Å². The van der Waals surface area contributed by atoms with E-state index in [0.717, 1.165) is 25.8 Å². The first-order valence-electron chi connectivity index (χ1n) is 4.76. The topological polar surface area (TPSA) is 40.5 Å². The number of likely N-dealkylation sites (tertiary alicyclic amines) is 1. The van der Waals surface area contributed by atoms with Crippen molar-refractivity contribution in [1.82, 2.24) is 4.90 Å². The van der Waals surface area contributed by atoms with Crippen LogP contribution in [0.1, 0.15) is 26.2 Å². The summed E-state index contributed by atoms with van der Waals surface area (Å²) in [5.74, 6) is 0.124. The van der Waals surface area contributed by atoms with Gasteiger partial charge in [-0.05, 0) is 19.3 Å². The first-order chi connectivity index (χ1) is 6.20. The fourth-order valence-electron chi connectivity index (χ4n) is 1.67. The van der Waals surface area contributed by atoms with Crippen LogP contribution in [-0.2, 0) is 4.79 Å². The van der Waals surface area contributed by atoms with Crippen molar-refractivity contribution >= 4 is 21.8 Å². The standard InChI is InChI=1S/C9H16BrNO2/c1-2-8(10)9(13)11-5-3-4-7(11)6-12/h7-8,12H,2-6H2,1H3/t7-,8?/m0/s1. The Hall–Kier alpha value is -0.0900. The van der Waals surface area contributed by atoms with Gasteiger partial charge in [0.2, 0.25) is 5.91 Å². The van der Waals surface area contributed by atoms with Crippen LogP contribution in [0.2, 0.25) is 0 Å². The normalized spacial score (nSPS) is 24.8. The van der Waals surface area contributed by atoms with Gasteiger partial charge in [-0.25, -0.2) is 0 Å². The molecule has 0 aromatic heterocycles. The Morgan fingerprint density at radius 1 is 1.77 bits per heavy atom. The molecular formula is C9H16BrNO2. The lowest BCUT2D eigenvalue weighted by molar-refractivity contribution is -0.132. The van der Waals surface area contributed by atoms with E-state index >= 15 is 0 Å². The molecule has 76 valence electrons. The minimum Gasteiger partial charge on any atom is -0.394 e. The van der Waals surface area contributed by atoms with Gasteiger partial charge in [0.15, 0.2) is 0 Å². The number of alkyl halides is 1. The summed E-state index contributed by atoms with van der Waals surface area (Å²) in [6.45, 7) is 2.86. The molecule has 2 atom stereocenters. The van der Waals surface area contributed by atoms with Gasteiger partial charge in [-0.15, -0.1) is 0 Å². The maximum Gasteiger partial charge on any atom is 0.236 e. The number of amides is 1. The number of nitrogens with zero attached hydrogens (tertiary/aromatic N) is 1. The van der Waals surface area contributed by atoms with Gasteiger partial charge in [-0.2, -0.15) is 0 Å². The molecule has 0 spiro atoms. The van der Waals surface area contributed by atoms with Gasteiger partial charge in [0.1, 0.15) is 0 Å². The van der Waals surface area contributed by atoms with Crippen LogP contribution in [0, 0.1) is 0 Å². The van der Waals surface area contributed by atoms with E-state index in [1.54, 1.807) is 4.90 Å². The monoisotopic (exact) mass is 249 g/mol. The summed E-state index contributed by atoms with van der Waals surface area (Å²) >= 11 is 3.34. The zero-order chi connectivity index (χ0) is 9.84. The lowest BCUT2D eigenvalue weighted by atomic mass is 10.2. The molecule has 1 amide bonds. The lowest BCUT2D eigenvalue weighted by Gasteiger charge is -2.24. The second-order valence-corrected chi connectivity index (χ2v) is 4.49. The molecule has 0 aliphatic carbocycles.